The molecule has 0 radical (unpaired) electrons. The summed E-state index contributed by atoms with van der Waals surface area (Å²) in [4.78, 5) is 19.4. The van der Waals surface area contributed by atoms with Gasteiger partial charge in [0.25, 0.3) is 0 Å². The van der Waals surface area contributed by atoms with Crippen molar-refractivity contribution in [3.05, 3.63) is 65.5 Å². The van der Waals surface area contributed by atoms with E-state index in [-0.39, 0.29) is 11.8 Å². The number of benzene rings is 2. The highest BCUT2D eigenvalue weighted by Gasteiger charge is 2.26. The van der Waals surface area contributed by atoms with Crippen LogP contribution in [0.2, 0.25) is 0 Å². The molecule has 6 heteroatoms. The van der Waals surface area contributed by atoms with Gasteiger partial charge in [0.2, 0.25) is 17.6 Å². The first-order valence-corrected chi connectivity index (χ1v) is 10.1. The first kappa shape index (κ1) is 19.3. The molecule has 0 unspecified atom stereocenters. The molecule has 3 aromatic rings. The number of aryl methyl sites for hydroxylation is 2. The molecule has 0 saturated carbocycles. The van der Waals surface area contributed by atoms with E-state index < -0.39 is 0 Å². The normalized spacial score (nSPS) is 15.4. The van der Waals surface area contributed by atoms with Crippen LogP contribution in [0.1, 0.15) is 29.9 Å². The van der Waals surface area contributed by atoms with Gasteiger partial charge < -0.3 is 9.84 Å². The molecular formula is C23H26N4O2. The van der Waals surface area contributed by atoms with Crippen molar-refractivity contribution >= 4 is 11.6 Å². The van der Waals surface area contributed by atoms with Crippen molar-refractivity contribution in [1.29, 1.82) is 0 Å². The second-order valence-corrected chi connectivity index (χ2v) is 7.68. The van der Waals surface area contributed by atoms with Crippen LogP contribution >= 0.6 is 0 Å². The minimum atomic E-state index is 0.0380. The van der Waals surface area contributed by atoms with Crippen molar-refractivity contribution in [2.24, 2.45) is 5.92 Å². The van der Waals surface area contributed by atoms with Crippen molar-refractivity contribution in [2.75, 3.05) is 18.4 Å². The van der Waals surface area contributed by atoms with Gasteiger partial charge in [-0.05, 0) is 57.0 Å². The lowest BCUT2D eigenvalue weighted by molar-refractivity contribution is -0.121. The Bertz CT molecular complexity index is 990. The molecule has 1 saturated heterocycles. The number of likely N-dealkylation sites (tertiary alicyclic amines) is 1. The minimum Gasteiger partial charge on any atom is -0.338 e. The lowest BCUT2D eigenvalue weighted by Gasteiger charge is -2.30. The molecule has 2 aromatic carbocycles. The molecule has 0 atom stereocenters. The van der Waals surface area contributed by atoms with E-state index >= 15 is 0 Å². The van der Waals surface area contributed by atoms with Crippen LogP contribution < -0.4 is 5.32 Å². The summed E-state index contributed by atoms with van der Waals surface area (Å²) in [5.41, 5.74) is 4.10. The predicted molar refractivity (Wildman–Crippen MR) is 112 cm³/mol. The second kappa shape index (κ2) is 8.57. The quantitative estimate of drug-likeness (QED) is 0.707. The molecule has 150 valence electrons. The van der Waals surface area contributed by atoms with Crippen molar-refractivity contribution in [3.63, 3.8) is 0 Å². The summed E-state index contributed by atoms with van der Waals surface area (Å²) in [6.45, 7) is 6.35. The van der Waals surface area contributed by atoms with Gasteiger partial charge in [0.05, 0.1) is 6.54 Å². The van der Waals surface area contributed by atoms with Crippen molar-refractivity contribution in [3.8, 4) is 11.4 Å². The molecule has 0 bridgehead atoms. The number of nitrogens with zero attached hydrogens (tertiary/aromatic N) is 3. The summed E-state index contributed by atoms with van der Waals surface area (Å²) in [5.74, 6) is 1.39. The van der Waals surface area contributed by atoms with Gasteiger partial charge in [-0.25, -0.2) is 0 Å². The van der Waals surface area contributed by atoms with Crippen molar-refractivity contribution in [1.82, 2.24) is 15.0 Å². The SMILES string of the molecule is Cc1ccccc1NC(=O)C1CCN(Cc2nc(-c3ccccc3C)no2)CC1. The zero-order valence-electron chi connectivity index (χ0n) is 16.9. The van der Waals surface area contributed by atoms with Gasteiger partial charge >= 0.3 is 0 Å². The van der Waals surface area contributed by atoms with Gasteiger partial charge in [-0.3, -0.25) is 9.69 Å². The van der Waals surface area contributed by atoms with E-state index in [0.717, 1.165) is 48.3 Å². The summed E-state index contributed by atoms with van der Waals surface area (Å²) in [6.07, 6.45) is 1.66. The molecule has 0 aliphatic carbocycles. The first-order valence-electron chi connectivity index (χ1n) is 10.1. The Morgan fingerprint density at radius 2 is 1.76 bits per heavy atom. The van der Waals surface area contributed by atoms with E-state index in [2.05, 4.69) is 20.4 Å². The van der Waals surface area contributed by atoms with E-state index in [1.54, 1.807) is 0 Å². The summed E-state index contributed by atoms with van der Waals surface area (Å²) in [6, 6.07) is 15.9. The van der Waals surface area contributed by atoms with E-state index in [1.165, 1.54) is 0 Å². The highest BCUT2D eigenvalue weighted by molar-refractivity contribution is 5.93. The molecule has 1 aliphatic rings. The molecule has 4 rings (SSSR count). The zero-order valence-corrected chi connectivity index (χ0v) is 16.9. The minimum absolute atomic E-state index is 0.0380. The number of hydrogen-bond acceptors (Lipinski definition) is 5. The van der Waals surface area contributed by atoms with Crippen LogP contribution in [-0.4, -0.2) is 34.0 Å². The van der Waals surface area contributed by atoms with Gasteiger partial charge in [-0.15, -0.1) is 0 Å². The fourth-order valence-electron chi connectivity index (χ4n) is 3.74. The highest BCUT2D eigenvalue weighted by atomic mass is 16.5. The first-order chi connectivity index (χ1) is 14.1. The standard InChI is InChI=1S/C23H26N4O2/c1-16-7-3-5-9-19(16)22-25-21(29-26-22)15-27-13-11-18(12-14-27)23(28)24-20-10-6-4-8-17(20)2/h3-10,18H,11-15H2,1-2H3,(H,24,28). The van der Waals surface area contributed by atoms with Crippen molar-refractivity contribution in [2.45, 2.75) is 33.2 Å². The summed E-state index contributed by atoms with van der Waals surface area (Å²) >= 11 is 0. The molecule has 1 aliphatic heterocycles. The number of nitrogens with one attached hydrogen (secondary N) is 1. The van der Waals surface area contributed by atoms with Crippen LogP contribution in [0.3, 0.4) is 0 Å². The lowest BCUT2D eigenvalue weighted by atomic mass is 9.95. The van der Waals surface area contributed by atoms with Gasteiger partial charge in [0, 0.05) is 17.2 Å². The fraction of sp³-hybridized carbons (Fsp3) is 0.348. The number of hydrogen-bond donors (Lipinski definition) is 1. The van der Waals surface area contributed by atoms with Gasteiger partial charge in [0.15, 0.2) is 0 Å². The number of piperidine rings is 1. The summed E-state index contributed by atoms with van der Waals surface area (Å²) < 4.78 is 5.46. The Kier molecular flexibility index (Phi) is 5.71. The number of aromatic nitrogens is 2. The molecule has 0 spiro atoms. The van der Waals surface area contributed by atoms with Crippen LogP contribution in [-0.2, 0) is 11.3 Å². The zero-order chi connectivity index (χ0) is 20.2. The second-order valence-electron chi connectivity index (χ2n) is 7.68. The third-order valence-electron chi connectivity index (χ3n) is 5.57. The molecule has 29 heavy (non-hydrogen) atoms. The van der Waals surface area contributed by atoms with Crippen LogP contribution in [0.5, 0.6) is 0 Å². The number of amides is 1. The van der Waals surface area contributed by atoms with Crippen LogP contribution in [0.25, 0.3) is 11.4 Å². The monoisotopic (exact) mass is 390 g/mol. The molecule has 1 aromatic heterocycles. The molecular weight excluding hydrogens is 364 g/mol. The van der Waals surface area contributed by atoms with Gasteiger partial charge in [-0.2, -0.15) is 4.98 Å². The third-order valence-corrected chi connectivity index (χ3v) is 5.57. The molecule has 1 N–H and O–H groups in total. The molecule has 1 amide bonds. The maximum Gasteiger partial charge on any atom is 0.241 e. The highest BCUT2D eigenvalue weighted by Crippen LogP contribution is 2.23. The van der Waals surface area contributed by atoms with E-state index in [0.29, 0.717) is 18.3 Å². The van der Waals surface area contributed by atoms with Crippen LogP contribution in [0.15, 0.2) is 53.1 Å². The van der Waals surface area contributed by atoms with E-state index in [9.17, 15) is 4.79 Å². The average molecular weight is 390 g/mol. The van der Waals surface area contributed by atoms with Gasteiger partial charge in [-0.1, -0.05) is 47.6 Å². The average Bonchev–Trinajstić information content (AvgIpc) is 3.19. The number of anilines is 1. The predicted octanol–water partition coefficient (Wildman–Crippen LogP) is 4.20. The summed E-state index contributed by atoms with van der Waals surface area (Å²) in [5, 5.41) is 7.21. The number of rotatable bonds is 5. The molecule has 1 fully saturated rings. The summed E-state index contributed by atoms with van der Waals surface area (Å²) in [7, 11) is 0. The number of carbonyl (C=O) groups is 1. The number of para-hydroxylation sites is 1. The van der Waals surface area contributed by atoms with Gasteiger partial charge in [0.1, 0.15) is 0 Å². The molecule has 2 heterocycles. The fourth-order valence-corrected chi connectivity index (χ4v) is 3.74. The third kappa shape index (κ3) is 4.54. The number of carbonyl (C=O) groups excluding carboxylic acids is 1. The Morgan fingerprint density at radius 3 is 2.48 bits per heavy atom. The lowest BCUT2D eigenvalue weighted by Crippen LogP contribution is -2.37. The van der Waals surface area contributed by atoms with Crippen LogP contribution in [0.4, 0.5) is 5.69 Å². The van der Waals surface area contributed by atoms with E-state index in [1.807, 2.05) is 62.4 Å². The topological polar surface area (TPSA) is 71.3 Å². The smallest absolute Gasteiger partial charge is 0.241 e. The van der Waals surface area contributed by atoms with Crippen LogP contribution in [0, 0.1) is 19.8 Å². The van der Waals surface area contributed by atoms with E-state index in [4.69, 9.17) is 4.52 Å². The Morgan fingerprint density at radius 1 is 1.07 bits per heavy atom. The maximum absolute atomic E-state index is 12.6. The Labute approximate surface area is 170 Å². The maximum atomic E-state index is 12.6. The largest absolute Gasteiger partial charge is 0.338 e. The van der Waals surface area contributed by atoms with Crippen molar-refractivity contribution < 1.29 is 9.32 Å². The molecule has 6 nitrogen and oxygen atoms in total. The Hall–Kier alpha value is -2.99. The Balaban J connectivity index is 1.31.